The van der Waals surface area contributed by atoms with Crippen molar-refractivity contribution >= 4 is 11.3 Å². The Morgan fingerprint density at radius 2 is 2.40 bits per heavy atom. The summed E-state index contributed by atoms with van der Waals surface area (Å²) in [5.41, 5.74) is -0.0679. The van der Waals surface area contributed by atoms with Crippen LogP contribution in [0.25, 0.3) is 0 Å². The molecule has 3 heteroatoms. The molecule has 0 saturated carbocycles. The monoisotopic (exact) mass is 227 g/mol. The molecule has 2 atom stereocenters. The lowest BCUT2D eigenvalue weighted by Crippen LogP contribution is -2.39. The van der Waals surface area contributed by atoms with Gasteiger partial charge in [-0.3, -0.25) is 0 Å². The molecule has 1 aliphatic rings. The molecule has 1 aromatic heterocycles. The summed E-state index contributed by atoms with van der Waals surface area (Å²) in [6.45, 7) is 5.59. The summed E-state index contributed by atoms with van der Waals surface area (Å²) in [6, 6.07) is 2.01. The van der Waals surface area contributed by atoms with Crippen molar-refractivity contribution in [3.05, 3.63) is 21.9 Å². The minimum absolute atomic E-state index is 0.128. The average Bonchev–Trinajstić information content (AvgIpc) is 2.66. The van der Waals surface area contributed by atoms with Crippen molar-refractivity contribution in [2.75, 3.05) is 13.1 Å². The molecular formula is C12H18FNS. The van der Waals surface area contributed by atoms with E-state index in [4.69, 9.17) is 0 Å². The average molecular weight is 227 g/mol. The topological polar surface area (TPSA) is 12.0 Å². The third-order valence-electron chi connectivity index (χ3n) is 3.37. The highest BCUT2D eigenvalue weighted by atomic mass is 32.1. The molecule has 0 amide bonds. The van der Waals surface area contributed by atoms with Crippen molar-refractivity contribution in [1.29, 1.82) is 0 Å². The zero-order chi connectivity index (χ0) is 10.9. The minimum atomic E-state index is -1.16. The third-order valence-corrected chi connectivity index (χ3v) is 4.60. The standard InChI is InChI=1S/C12H18FNS/c1-9-5-7-15-11(9)12(2,13)10-4-3-6-14-8-10/h5,7,10,14H,3-4,6,8H2,1-2H3. The van der Waals surface area contributed by atoms with Crippen LogP contribution in [-0.2, 0) is 5.67 Å². The van der Waals surface area contributed by atoms with Crippen LogP contribution in [0.1, 0.15) is 30.2 Å². The maximum absolute atomic E-state index is 14.8. The molecule has 84 valence electrons. The first-order valence-corrected chi connectivity index (χ1v) is 6.44. The summed E-state index contributed by atoms with van der Waals surface area (Å²) in [5, 5.41) is 5.27. The maximum atomic E-state index is 14.8. The van der Waals surface area contributed by atoms with Crippen molar-refractivity contribution in [2.45, 2.75) is 32.4 Å². The number of nitrogens with one attached hydrogen (secondary N) is 1. The molecule has 2 rings (SSSR count). The second-order valence-electron chi connectivity index (χ2n) is 4.55. The molecule has 1 nitrogen and oxygen atoms in total. The normalized spacial score (nSPS) is 26.2. The molecular weight excluding hydrogens is 209 g/mol. The molecule has 1 saturated heterocycles. The van der Waals surface area contributed by atoms with E-state index in [9.17, 15) is 4.39 Å². The summed E-state index contributed by atoms with van der Waals surface area (Å²) >= 11 is 1.55. The van der Waals surface area contributed by atoms with Gasteiger partial charge in [0.25, 0.3) is 0 Å². The van der Waals surface area contributed by atoms with Gasteiger partial charge in [0.05, 0.1) is 0 Å². The molecule has 0 aromatic carbocycles. The van der Waals surface area contributed by atoms with Crippen LogP contribution in [0.3, 0.4) is 0 Å². The molecule has 1 aromatic rings. The van der Waals surface area contributed by atoms with Crippen molar-refractivity contribution < 1.29 is 4.39 Å². The van der Waals surface area contributed by atoms with E-state index in [1.54, 1.807) is 18.3 Å². The number of rotatable bonds is 2. The zero-order valence-corrected chi connectivity index (χ0v) is 10.2. The Balaban J connectivity index is 2.21. The Morgan fingerprint density at radius 3 is 2.93 bits per heavy atom. The summed E-state index contributed by atoms with van der Waals surface area (Å²) < 4.78 is 14.8. The van der Waals surface area contributed by atoms with E-state index in [0.717, 1.165) is 36.4 Å². The molecule has 2 unspecified atom stereocenters. The molecule has 2 heterocycles. The van der Waals surface area contributed by atoms with Crippen molar-refractivity contribution in [1.82, 2.24) is 5.32 Å². The third kappa shape index (κ3) is 2.08. The lowest BCUT2D eigenvalue weighted by Gasteiger charge is -2.33. The number of alkyl halides is 1. The summed E-state index contributed by atoms with van der Waals surface area (Å²) in [4.78, 5) is 0.913. The van der Waals surface area contributed by atoms with Gasteiger partial charge in [0.1, 0.15) is 5.67 Å². The number of halogens is 1. The first-order valence-electron chi connectivity index (χ1n) is 5.56. The highest BCUT2D eigenvalue weighted by Crippen LogP contribution is 2.41. The predicted octanol–water partition coefficient (Wildman–Crippen LogP) is 3.24. The zero-order valence-electron chi connectivity index (χ0n) is 9.35. The molecule has 0 spiro atoms. The SMILES string of the molecule is Cc1ccsc1C(C)(F)C1CCCNC1. The van der Waals surface area contributed by atoms with Crippen LogP contribution in [0.2, 0.25) is 0 Å². The quantitative estimate of drug-likeness (QED) is 0.818. The molecule has 0 radical (unpaired) electrons. The number of hydrogen-bond acceptors (Lipinski definition) is 2. The Kier molecular flexibility index (Phi) is 3.12. The van der Waals surface area contributed by atoms with Crippen LogP contribution in [0, 0.1) is 12.8 Å². The fraction of sp³-hybridized carbons (Fsp3) is 0.667. The van der Waals surface area contributed by atoms with Crippen LogP contribution in [0.5, 0.6) is 0 Å². The fourth-order valence-corrected chi connectivity index (χ4v) is 3.43. The number of aryl methyl sites for hydroxylation is 1. The maximum Gasteiger partial charge on any atom is 0.146 e. The lowest BCUT2D eigenvalue weighted by molar-refractivity contribution is 0.0844. The summed E-state index contributed by atoms with van der Waals surface area (Å²) in [6.07, 6.45) is 2.09. The Morgan fingerprint density at radius 1 is 1.60 bits per heavy atom. The summed E-state index contributed by atoms with van der Waals surface area (Å²) in [5.74, 6) is 0.128. The summed E-state index contributed by atoms with van der Waals surface area (Å²) in [7, 11) is 0. The van der Waals surface area contributed by atoms with Crippen molar-refractivity contribution in [3.63, 3.8) is 0 Å². The number of hydrogen-bond donors (Lipinski definition) is 1. The van der Waals surface area contributed by atoms with E-state index in [-0.39, 0.29) is 5.92 Å². The smallest absolute Gasteiger partial charge is 0.146 e. The highest BCUT2D eigenvalue weighted by molar-refractivity contribution is 7.10. The van der Waals surface area contributed by atoms with E-state index < -0.39 is 5.67 Å². The van der Waals surface area contributed by atoms with Gasteiger partial charge in [-0.25, -0.2) is 4.39 Å². The van der Waals surface area contributed by atoms with Crippen LogP contribution in [-0.4, -0.2) is 13.1 Å². The van der Waals surface area contributed by atoms with Crippen LogP contribution in [0.4, 0.5) is 4.39 Å². The lowest BCUT2D eigenvalue weighted by atomic mass is 9.83. The fourth-order valence-electron chi connectivity index (χ4n) is 2.37. The molecule has 15 heavy (non-hydrogen) atoms. The Bertz CT molecular complexity index is 326. The van der Waals surface area contributed by atoms with Crippen molar-refractivity contribution in [2.24, 2.45) is 5.92 Å². The Hall–Kier alpha value is -0.410. The molecule has 1 aliphatic heterocycles. The predicted molar refractivity (Wildman–Crippen MR) is 63.1 cm³/mol. The first-order chi connectivity index (χ1) is 7.12. The van der Waals surface area contributed by atoms with Gasteiger partial charge in [-0.15, -0.1) is 11.3 Å². The van der Waals surface area contributed by atoms with E-state index in [0.29, 0.717) is 0 Å². The molecule has 1 N–H and O–H groups in total. The van der Waals surface area contributed by atoms with Gasteiger partial charge in [0, 0.05) is 17.3 Å². The van der Waals surface area contributed by atoms with Gasteiger partial charge in [0.15, 0.2) is 0 Å². The van der Waals surface area contributed by atoms with Gasteiger partial charge in [-0.05, 0) is 50.2 Å². The van der Waals surface area contributed by atoms with Crippen LogP contribution < -0.4 is 5.32 Å². The van der Waals surface area contributed by atoms with E-state index >= 15 is 0 Å². The van der Waals surface area contributed by atoms with Gasteiger partial charge in [-0.1, -0.05) is 0 Å². The highest BCUT2D eigenvalue weighted by Gasteiger charge is 2.38. The van der Waals surface area contributed by atoms with Gasteiger partial charge >= 0.3 is 0 Å². The second-order valence-corrected chi connectivity index (χ2v) is 5.47. The number of piperidine rings is 1. The van der Waals surface area contributed by atoms with Crippen LogP contribution >= 0.6 is 11.3 Å². The largest absolute Gasteiger partial charge is 0.316 e. The van der Waals surface area contributed by atoms with Crippen LogP contribution in [0.15, 0.2) is 11.4 Å². The molecule has 0 bridgehead atoms. The van der Waals surface area contributed by atoms with E-state index in [1.165, 1.54) is 0 Å². The molecule has 0 aliphatic carbocycles. The van der Waals surface area contributed by atoms with E-state index in [2.05, 4.69) is 5.32 Å². The first kappa shape index (κ1) is 11.1. The minimum Gasteiger partial charge on any atom is -0.316 e. The second kappa shape index (κ2) is 4.22. The van der Waals surface area contributed by atoms with Gasteiger partial charge in [-0.2, -0.15) is 0 Å². The van der Waals surface area contributed by atoms with E-state index in [1.807, 2.05) is 18.4 Å². The van der Waals surface area contributed by atoms with Crippen molar-refractivity contribution in [3.8, 4) is 0 Å². The number of thiophene rings is 1. The Labute approximate surface area is 94.7 Å². The molecule has 1 fully saturated rings. The van der Waals surface area contributed by atoms with Gasteiger partial charge < -0.3 is 5.32 Å². The van der Waals surface area contributed by atoms with Gasteiger partial charge in [0.2, 0.25) is 0 Å².